The molecule has 0 saturated carbocycles. The van der Waals surface area contributed by atoms with Crippen molar-refractivity contribution in [2.45, 2.75) is 10.8 Å². The number of hydrogen-bond acceptors (Lipinski definition) is 1. The van der Waals surface area contributed by atoms with Gasteiger partial charge in [-0.3, -0.25) is 4.79 Å². The zero-order chi connectivity index (χ0) is 14.7. The topological polar surface area (TPSA) is 17.1 Å². The van der Waals surface area contributed by atoms with E-state index in [1.54, 1.807) is 48.5 Å². The van der Waals surface area contributed by atoms with E-state index in [-0.39, 0.29) is 5.78 Å². The fourth-order valence-electron chi connectivity index (χ4n) is 1.79. The first kappa shape index (κ1) is 15.7. The Hall–Kier alpha value is -0.730. The summed E-state index contributed by atoms with van der Waals surface area (Å²) in [7, 11) is 0. The fourth-order valence-corrected chi connectivity index (χ4v) is 2.77. The third-order valence-electron chi connectivity index (χ3n) is 2.78. The summed E-state index contributed by atoms with van der Waals surface area (Å²) >= 11 is 24.2. The highest BCUT2D eigenvalue weighted by Crippen LogP contribution is 2.33. The van der Waals surface area contributed by atoms with Gasteiger partial charge in [0.2, 0.25) is 0 Å². The van der Waals surface area contributed by atoms with Crippen molar-refractivity contribution in [1.82, 2.24) is 0 Å². The normalized spacial score (nSPS) is 13.8. The Labute approximate surface area is 137 Å². The molecule has 104 valence electrons. The minimum atomic E-state index is -0.852. The molecule has 0 N–H and O–H groups in total. The minimum Gasteiger partial charge on any atom is -0.296 e. The average molecular weight is 348 g/mol. The second kappa shape index (κ2) is 6.82. The van der Waals surface area contributed by atoms with Gasteiger partial charge in [-0.05, 0) is 35.4 Å². The van der Waals surface area contributed by atoms with Crippen LogP contribution in [0.1, 0.15) is 21.9 Å². The van der Waals surface area contributed by atoms with Crippen LogP contribution in [0, 0.1) is 0 Å². The van der Waals surface area contributed by atoms with Gasteiger partial charge >= 0.3 is 0 Å². The molecule has 0 radical (unpaired) electrons. The van der Waals surface area contributed by atoms with Crippen molar-refractivity contribution in [1.29, 1.82) is 0 Å². The molecule has 20 heavy (non-hydrogen) atoms. The smallest absolute Gasteiger partial charge is 0.177 e. The summed E-state index contributed by atoms with van der Waals surface area (Å²) in [6.07, 6.45) is 0. The Kier molecular flexibility index (Phi) is 5.34. The lowest BCUT2D eigenvalue weighted by Gasteiger charge is -2.14. The van der Waals surface area contributed by atoms with E-state index in [1.165, 1.54) is 0 Å². The van der Waals surface area contributed by atoms with Crippen molar-refractivity contribution in [3.63, 3.8) is 0 Å². The summed E-state index contributed by atoms with van der Waals surface area (Å²) in [4.78, 5) is 12.3. The molecule has 0 aliphatic heterocycles. The number of carbonyl (C=O) groups is 1. The summed E-state index contributed by atoms with van der Waals surface area (Å²) in [5.74, 6) is -0.308. The number of halogens is 4. The first-order chi connectivity index (χ1) is 9.49. The van der Waals surface area contributed by atoms with Crippen molar-refractivity contribution >= 4 is 52.2 Å². The summed E-state index contributed by atoms with van der Waals surface area (Å²) in [6, 6.07) is 13.7. The van der Waals surface area contributed by atoms with Gasteiger partial charge in [0, 0.05) is 10.0 Å². The lowest BCUT2D eigenvalue weighted by Crippen LogP contribution is -2.13. The maximum atomic E-state index is 12.3. The van der Waals surface area contributed by atoms with Crippen LogP contribution in [0.25, 0.3) is 0 Å². The molecule has 0 aliphatic rings. The first-order valence-electron chi connectivity index (χ1n) is 5.82. The average Bonchev–Trinajstić information content (AvgIpc) is 2.45. The fraction of sp³-hybridized carbons (Fsp3) is 0.133. The number of hydrogen-bond donors (Lipinski definition) is 0. The second-order valence-electron chi connectivity index (χ2n) is 4.24. The molecule has 2 aromatic carbocycles. The highest BCUT2D eigenvalue weighted by Gasteiger charge is 2.26. The van der Waals surface area contributed by atoms with E-state index >= 15 is 0 Å². The van der Waals surface area contributed by atoms with Gasteiger partial charge in [0.1, 0.15) is 10.8 Å². The van der Waals surface area contributed by atoms with Gasteiger partial charge in [-0.15, -0.1) is 23.2 Å². The van der Waals surface area contributed by atoms with Gasteiger partial charge < -0.3 is 0 Å². The summed E-state index contributed by atoms with van der Waals surface area (Å²) < 4.78 is 0. The monoisotopic (exact) mass is 346 g/mol. The molecule has 1 nitrogen and oxygen atoms in total. The predicted molar refractivity (Wildman–Crippen MR) is 85.1 cm³/mol. The van der Waals surface area contributed by atoms with Crippen LogP contribution in [-0.4, -0.2) is 5.78 Å². The van der Waals surface area contributed by atoms with Gasteiger partial charge in [0.25, 0.3) is 0 Å². The van der Waals surface area contributed by atoms with Crippen molar-refractivity contribution in [3.05, 3.63) is 69.7 Å². The standard InChI is InChI=1S/C15H10Cl4O/c16-11-5-1-3-9(7-11)13(18)15(20)14(19)10-4-2-6-12(17)8-10/h1-8,13-14H. The van der Waals surface area contributed by atoms with Gasteiger partial charge in [-0.2, -0.15) is 0 Å². The Balaban J connectivity index is 2.22. The molecule has 2 unspecified atom stereocenters. The number of benzene rings is 2. The molecule has 0 saturated heterocycles. The summed E-state index contributed by atoms with van der Waals surface area (Å²) in [5.41, 5.74) is 1.24. The zero-order valence-electron chi connectivity index (χ0n) is 10.2. The van der Waals surface area contributed by atoms with Crippen molar-refractivity contribution < 1.29 is 4.79 Å². The molecule has 0 aromatic heterocycles. The lowest BCUT2D eigenvalue weighted by atomic mass is 10.0. The highest BCUT2D eigenvalue weighted by molar-refractivity contribution is 6.40. The SMILES string of the molecule is O=C(C(Cl)c1cccc(Cl)c1)C(Cl)c1cccc(Cl)c1. The zero-order valence-corrected chi connectivity index (χ0v) is 13.2. The van der Waals surface area contributed by atoms with Crippen LogP contribution < -0.4 is 0 Å². The Morgan fingerprint density at radius 2 is 1.20 bits per heavy atom. The molecule has 0 spiro atoms. The maximum Gasteiger partial charge on any atom is 0.177 e. The number of ketones is 1. The molecule has 2 rings (SSSR count). The lowest BCUT2D eigenvalue weighted by molar-refractivity contribution is -0.118. The van der Waals surface area contributed by atoms with Crippen LogP contribution in [0.5, 0.6) is 0 Å². The van der Waals surface area contributed by atoms with Crippen molar-refractivity contribution in [2.75, 3.05) is 0 Å². The molecule has 0 heterocycles. The molecule has 0 bridgehead atoms. The van der Waals surface area contributed by atoms with E-state index in [4.69, 9.17) is 46.4 Å². The molecule has 0 aliphatic carbocycles. The quantitative estimate of drug-likeness (QED) is 0.636. The highest BCUT2D eigenvalue weighted by atomic mass is 35.5. The van der Waals surface area contributed by atoms with Crippen LogP contribution in [0.15, 0.2) is 48.5 Å². The largest absolute Gasteiger partial charge is 0.296 e. The molecule has 0 amide bonds. The number of rotatable bonds is 4. The Morgan fingerprint density at radius 1 is 0.800 bits per heavy atom. The van der Waals surface area contributed by atoms with Crippen LogP contribution in [0.3, 0.4) is 0 Å². The van der Waals surface area contributed by atoms with Gasteiger partial charge in [0.05, 0.1) is 0 Å². The van der Waals surface area contributed by atoms with Crippen LogP contribution in [-0.2, 0) is 4.79 Å². The molecule has 2 atom stereocenters. The Morgan fingerprint density at radius 3 is 1.55 bits per heavy atom. The molecular formula is C15H10Cl4O. The minimum absolute atomic E-state index is 0.308. The molecular weight excluding hydrogens is 338 g/mol. The summed E-state index contributed by atoms with van der Waals surface area (Å²) in [5, 5.41) is -0.657. The van der Waals surface area contributed by atoms with Crippen molar-refractivity contribution in [2.24, 2.45) is 0 Å². The van der Waals surface area contributed by atoms with E-state index < -0.39 is 10.8 Å². The number of Topliss-reactive ketones (excluding diaryl/α,β-unsaturated/α-hetero) is 1. The summed E-state index contributed by atoms with van der Waals surface area (Å²) in [6.45, 7) is 0. The van der Waals surface area contributed by atoms with E-state index in [9.17, 15) is 4.79 Å². The van der Waals surface area contributed by atoms with Crippen LogP contribution in [0.4, 0.5) is 0 Å². The number of carbonyl (C=O) groups excluding carboxylic acids is 1. The van der Waals surface area contributed by atoms with E-state index in [1.807, 2.05) is 0 Å². The van der Waals surface area contributed by atoms with E-state index in [0.29, 0.717) is 21.2 Å². The van der Waals surface area contributed by atoms with Crippen molar-refractivity contribution in [3.8, 4) is 0 Å². The maximum absolute atomic E-state index is 12.3. The predicted octanol–water partition coefficient (Wildman–Crippen LogP) is 5.82. The van der Waals surface area contributed by atoms with Crippen LogP contribution in [0.2, 0.25) is 10.0 Å². The second-order valence-corrected chi connectivity index (χ2v) is 5.98. The number of alkyl halides is 2. The van der Waals surface area contributed by atoms with E-state index in [0.717, 1.165) is 0 Å². The molecule has 5 heteroatoms. The van der Waals surface area contributed by atoms with Gasteiger partial charge in [-0.25, -0.2) is 0 Å². The third kappa shape index (κ3) is 3.67. The Bertz CT molecular complexity index is 573. The van der Waals surface area contributed by atoms with E-state index in [2.05, 4.69) is 0 Å². The first-order valence-corrected chi connectivity index (χ1v) is 7.44. The van der Waals surface area contributed by atoms with Gasteiger partial charge in [0.15, 0.2) is 5.78 Å². The third-order valence-corrected chi connectivity index (χ3v) is 4.19. The van der Waals surface area contributed by atoms with Crippen LogP contribution >= 0.6 is 46.4 Å². The van der Waals surface area contributed by atoms with Gasteiger partial charge in [-0.1, -0.05) is 47.5 Å². The molecule has 2 aromatic rings. The molecule has 0 fully saturated rings.